The van der Waals surface area contributed by atoms with Gasteiger partial charge < -0.3 is 9.59 Å². The zero-order valence-corrected chi connectivity index (χ0v) is 12.4. The van der Waals surface area contributed by atoms with Crippen LogP contribution >= 0.6 is 0 Å². The Bertz CT molecular complexity index is 1060. The summed E-state index contributed by atoms with van der Waals surface area (Å²) in [5, 5.41) is 20.7. The van der Waals surface area contributed by atoms with E-state index < -0.39 is 0 Å². The fourth-order valence-corrected chi connectivity index (χ4v) is 3.08. The molecule has 0 atom stereocenters. The van der Waals surface area contributed by atoms with Crippen LogP contribution in [0.2, 0.25) is 0 Å². The van der Waals surface area contributed by atoms with Crippen molar-refractivity contribution in [2.75, 3.05) is 0 Å². The molecule has 1 N–H and O–H groups in total. The number of para-hydroxylation sites is 1. The summed E-state index contributed by atoms with van der Waals surface area (Å²) in [7, 11) is 0.0340. The van der Waals surface area contributed by atoms with E-state index in [2.05, 4.69) is 22.8 Å². The molecule has 4 heteroatoms. The maximum atomic E-state index is 9.41. The summed E-state index contributed by atoms with van der Waals surface area (Å²) in [5.41, 5.74) is 4.78. The molecule has 0 amide bonds. The van der Waals surface area contributed by atoms with Crippen molar-refractivity contribution in [3.05, 3.63) is 72.3 Å². The van der Waals surface area contributed by atoms with Gasteiger partial charge in [-0.05, 0) is 36.4 Å². The second-order valence-corrected chi connectivity index (χ2v) is 5.52. The maximum absolute atomic E-state index is 9.41. The van der Waals surface area contributed by atoms with Gasteiger partial charge in [0.2, 0.25) is 0 Å². The summed E-state index contributed by atoms with van der Waals surface area (Å²) in [6.07, 6.45) is 0. The van der Waals surface area contributed by atoms with Crippen molar-refractivity contribution in [1.29, 1.82) is 5.26 Å². The first-order valence-corrected chi connectivity index (χ1v) is 7.45. The van der Waals surface area contributed by atoms with Crippen molar-refractivity contribution < 1.29 is 5.02 Å². The van der Waals surface area contributed by atoms with Gasteiger partial charge in [0.15, 0.2) is 0 Å². The van der Waals surface area contributed by atoms with E-state index in [0.29, 0.717) is 5.56 Å². The van der Waals surface area contributed by atoms with Gasteiger partial charge in [-0.1, -0.05) is 35.8 Å². The van der Waals surface area contributed by atoms with Crippen molar-refractivity contribution >= 4 is 34.8 Å². The molecule has 0 aliphatic heterocycles. The summed E-state index contributed by atoms with van der Waals surface area (Å²) in [5.74, 6) is 0. The first kappa shape index (κ1) is 13.6. The molecule has 0 saturated carbocycles. The molecule has 4 rings (SSSR count). The molecule has 23 heavy (non-hydrogen) atoms. The smallest absolute Gasteiger partial charge is 0.304 e. The zero-order valence-electron chi connectivity index (χ0n) is 12.4. The largest absolute Gasteiger partial charge is 0.449 e. The fraction of sp³-hybridized carbons (Fsp3) is 0. The first-order valence-electron chi connectivity index (χ1n) is 7.45. The van der Waals surface area contributed by atoms with Gasteiger partial charge in [0.05, 0.1) is 22.7 Å². The molecule has 108 valence electrons. The van der Waals surface area contributed by atoms with E-state index in [0.717, 1.165) is 33.0 Å². The van der Waals surface area contributed by atoms with Crippen LogP contribution in [0.3, 0.4) is 0 Å². The standard InChI is InChI=1S/C19H13BN2O/c21-12-13-5-8-15(9-6-13)22-18-4-2-1-3-16(18)17-11-14(20-23)7-10-19(17)22/h1-11,20,23H. The Morgan fingerprint density at radius 1 is 0.870 bits per heavy atom. The van der Waals surface area contributed by atoms with Crippen LogP contribution in [0.5, 0.6) is 0 Å². The Balaban J connectivity index is 2.09. The lowest BCUT2D eigenvalue weighted by Crippen LogP contribution is -2.12. The predicted molar refractivity (Wildman–Crippen MR) is 94.5 cm³/mol. The number of hydrogen-bond donors (Lipinski definition) is 1. The van der Waals surface area contributed by atoms with Crippen LogP contribution in [0, 0.1) is 11.3 Å². The number of benzene rings is 3. The number of hydrogen-bond acceptors (Lipinski definition) is 2. The molecule has 0 aliphatic rings. The molecule has 0 aliphatic carbocycles. The van der Waals surface area contributed by atoms with Crippen LogP contribution < -0.4 is 5.46 Å². The topological polar surface area (TPSA) is 49.0 Å². The Kier molecular flexibility index (Phi) is 3.15. The summed E-state index contributed by atoms with van der Waals surface area (Å²) in [6.45, 7) is 0. The van der Waals surface area contributed by atoms with E-state index in [1.807, 2.05) is 54.6 Å². The van der Waals surface area contributed by atoms with Crippen LogP contribution in [0.25, 0.3) is 27.5 Å². The molecule has 0 saturated heterocycles. The molecule has 3 aromatic carbocycles. The van der Waals surface area contributed by atoms with Gasteiger partial charge in [0.25, 0.3) is 0 Å². The fourth-order valence-electron chi connectivity index (χ4n) is 3.08. The number of aromatic nitrogens is 1. The van der Waals surface area contributed by atoms with Gasteiger partial charge in [-0.15, -0.1) is 0 Å². The van der Waals surface area contributed by atoms with E-state index in [9.17, 15) is 5.02 Å². The van der Waals surface area contributed by atoms with E-state index in [-0.39, 0.29) is 7.48 Å². The monoisotopic (exact) mass is 296 g/mol. The lowest BCUT2D eigenvalue weighted by atomic mass is 9.88. The van der Waals surface area contributed by atoms with Crippen molar-refractivity contribution in [2.24, 2.45) is 0 Å². The van der Waals surface area contributed by atoms with Gasteiger partial charge in [-0.2, -0.15) is 5.26 Å². The van der Waals surface area contributed by atoms with Crippen molar-refractivity contribution in [2.45, 2.75) is 0 Å². The van der Waals surface area contributed by atoms with Crippen molar-refractivity contribution in [3.8, 4) is 11.8 Å². The van der Waals surface area contributed by atoms with Crippen molar-refractivity contribution in [3.63, 3.8) is 0 Å². The molecule has 1 aromatic heterocycles. The van der Waals surface area contributed by atoms with Gasteiger partial charge in [0.1, 0.15) is 0 Å². The maximum Gasteiger partial charge on any atom is 0.304 e. The van der Waals surface area contributed by atoms with Crippen LogP contribution in [-0.2, 0) is 0 Å². The second kappa shape index (κ2) is 5.31. The normalized spacial score (nSPS) is 10.8. The van der Waals surface area contributed by atoms with Gasteiger partial charge in [-0.25, -0.2) is 0 Å². The minimum atomic E-state index is 0.0340. The summed E-state index contributed by atoms with van der Waals surface area (Å²) >= 11 is 0. The highest BCUT2D eigenvalue weighted by Gasteiger charge is 2.12. The molecule has 0 fully saturated rings. The third kappa shape index (κ3) is 2.10. The zero-order chi connectivity index (χ0) is 15.8. The molecule has 0 bridgehead atoms. The Labute approximate surface area is 134 Å². The quantitative estimate of drug-likeness (QED) is 0.578. The molecule has 0 unspecified atom stereocenters. The first-order chi connectivity index (χ1) is 11.3. The molecule has 0 spiro atoms. The van der Waals surface area contributed by atoms with E-state index in [1.165, 1.54) is 0 Å². The SMILES string of the molecule is N#Cc1ccc(-n2c3ccccc3c3cc(BO)ccc32)cc1. The number of rotatable bonds is 2. The van der Waals surface area contributed by atoms with Crippen LogP contribution in [0.4, 0.5) is 0 Å². The highest BCUT2D eigenvalue weighted by atomic mass is 16.2. The molecule has 3 nitrogen and oxygen atoms in total. The Hall–Kier alpha value is -3.03. The van der Waals surface area contributed by atoms with Crippen LogP contribution in [-0.4, -0.2) is 17.1 Å². The molecule has 4 aromatic rings. The molecular weight excluding hydrogens is 283 g/mol. The van der Waals surface area contributed by atoms with Gasteiger partial charge in [-0.3, -0.25) is 0 Å². The predicted octanol–water partition coefficient (Wildman–Crippen LogP) is 2.62. The minimum absolute atomic E-state index is 0.0340. The number of nitrogens with zero attached hydrogens (tertiary/aromatic N) is 2. The average molecular weight is 296 g/mol. The number of fused-ring (bicyclic) bond motifs is 3. The van der Waals surface area contributed by atoms with Gasteiger partial charge >= 0.3 is 7.48 Å². The summed E-state index contributed by atoms with van der Waals surface area (Å²) in [6, 6.07) is 24.0. The van der Waals surface area contributed by atoms with E-state index in [4.69, 9.17) is 5.26 Å². The lowest BCUT2D eigenvalue weighted by Gasteiger charge is -2.07. The highest BCUT2D eigenvalue weighted by molar-refractivity contribution is 6.46. The minimum Gasteiger partial charge on any atom is -0.449 e. The molecular formula is C19H13BN2O. The van der Waals surface area contributed by atoms with E-state index in [1.54, 1.807) is 0 Å². The third-order valence-corrected chi connectivity index (χ3v) is 4.17. The van der Waals surface area contributed by atoms with E-state index >= 15 is 0 Å². The summed E-state index contributed by atoms with van der Waals surface area (Å²) < 4.78 is 2.19. The highest BCUT2D eigenvalue weighted by Crippen LogP contribution is 2.31. The van der Waals surface area contributed by atoms with Crippen LogP contribution in [0.15, 0.2) is 66.7 Å². The average Bonchev–Trinajstić information content (AvgIpc) is 2.95. The van der Waals surface area contributed by atoms with Crippen molar-refractivity contribution in [1.82, 2.24) is 4.57 Å². The molecule has 1 heterocycles. The Morgan fingerprint density at radius 3 is 2.35 bits per heavy atom. The lowest BCUT2D eigenvalue weighted by molar-refractivity contribution is 0.615. The van der Waals surface area contributed by atoms with Gasteiger partial charge in [0, 0.05) is 16.5 Å². The second-order valence-electron chi connectivity index (χ2n) is 5.52. The summed E-state index contributed by atoms with van der Waals surface area (Å²) in [4.78, 5) is 0. The molecule has 0 radical (unpaired) electrons. The Morgan fingerprint density at radius 2 is 1.61 bits per heavy atom. The number of nitriles is 1. The third-order valence-electron chi connectivity index (χ3n) is 4.17. The van der Waals surface area contributed by atoms with Crippen LogP contribution in [0.1, 0.15) is 5.56 Å².